The van der Waals surface area contributed by atoms with E-state index in [9.17, 15) is 14.9 Å². The van der Waals surface area contributed by atoms with E-state index in [-0.39, 0.29) is 5.69 Å². The first kappa shape index (κ1) is 29.1. The summed E-state index contributed by atoms with van der Waals surface area (Å²) in [5, 5.41) is 15.2. The molecule has 0 unspecified atom stereocenters. The van der Waals surface area contributed by atoms with E-state index in [1.165, 1.54) is 68.8 Å². The maximum Gasteiger partial charge on any atom is 0.365 e. The van der Waals surface area contributed by atoms with Crippen LogP contribution < -0.4 is 0 Å². The first-order valence-corrected chi connectivity index (χ1v) is 14.2. The molecule has 200 valence electrons. The van der Waals surface area contributed by atoms with Crippen LogP contribution in [0.4, 0.5) is 5.69 Å². The summed E-state index contributed by atoms with van der Waals surface area (Å²) in [7, 11) is 0. The van der Waals surface area contributed by atoms with Crippen molar-refractivity contribution < 1.29 is 14.6 Å². The molecule has 0 N–H and O–H groups in total. The number of rotatable bonds is 16. The van der Waals surface area contributed by atoms with Crippen LogP contribution in [0, 0.1) is 10.1 Å². The van der Waals surface area contributed by atoms with Crippen LogP contribution in [0.3, 0.4) is 0 Å². The Hall–Kier alpha value is -3.45. The Morgan fingerprint density at radius 2 is 1.32 bits per heavy atom. The van der Waals surface area contributed by atoms with Crippen molar-refractivity contribution in [3.05, 3.63) is 100 Å². The summed E-state index contributed by atoms with van der Waals surface area (Å²) in [4.78, 5) is 30.2. The molecule has 3 rings (SSSR count). The molecule has 0 aliphatic heterocycles. The molecule has 0 aliphatic carbocycles. The summed E-state index contributed by atoms with van der Waals surface area (Å²) >= 11 is 1.53. The Morgan fingerprint density at radius 1 is 0.763 bits per heavy atom. The number of benzene rings is 3. The van der Waals surface area contributed by atoms with Crippen LogP contribution in [-0.4, -0.2) is 16.6 Å². The van der Waals surface area contributed by atoms with Gasteiger partial charge in [-0.1, -0.05) is 106 Å². The number of unbranched alkanes of at least 4 members (excludes halogenated alkanes) is 8. The lowest BCUT2D eigenvalue weighted by molar-refractivity contribution is -0.384. The van der Waals surface area contributed by atoms with E-state index in [1.54, 1.807) is 36.4 Å². The lowest BCUT2D eigenvalue weighted by Gasteiger charge is -2.09. The number of hydrogen-bond donors (Lipinski definition) is 0. The number of non-ortho nitro benzene ring substituents is 1. The van der Waals surface area contributed by atoms with Gasteiger partial charge in [0.1, 0.15) is 0 Å². The lowest BCUT2D eigenvalue weighted by atomic mass is 10.0. The van der Waals surface area contributed by atoms with Gasteiger partial charge in [0.25, 0.3) is 5.69 Å². The van der Waals surface area contributed by atoms with E-state index >= 15 is 0 Å². The van der Waals surface area contributed by atoms with Crippen LogP contribution >= 0.6 is 11.8 Å². The lowest BCUT2D eigenvalue weighted by Crippen LogP contribution is -2.06. The van der Waals surface area contributed by atoms with E-state index in [4.69, 9.17) is 4.84 Å². The molecular weight excluding hydrogens is 496 g/mol. The van der Waals surface area contributed by atoms with Crippen molar-refractivity contribution in [2.24, 2.45) is 5.16 Å². The molecule has 3 aromatic carbocycles. The SMILES string of the molecule is CCCCCCCCCCC/C(=N\OC(=O)c1ccccc1)c1ccc(Sc2ccc([N+](=O)[O-])cc2)cc1. The first-order valence-electron chi connectivity index (χ1n) is 13.4. The number of carbonyl (C=O) groups is 1. The second-order valence-corrected chi connectivity index (χ2v) is 10.4. The third-order valence-electron chi connectivity index (χ3n) is 6.24. The van der Waals surface area contributed by atoms with Crippen molar-refractivity contribution in [1.82, 2.24) is 0 Å². The summed E-state index contributed by atoms with van der Waals surface area (Å²) in [6, 6.07) is 23.3. The monoisotopic (exact) mass is 532 g/mol. The average Bonchev–Trinajstić information content (AvgIpc) is 2.95. The second-order valence-electron chi connectivity index (χ2n) is 9.24. The minimum Gasteiger partial charge on any atom is -0.313 e. The van der Waals surface area contributed by atoms with Crippen LogP contribution in [-0.2, 0) is 4.84 Å². The minimum atomic E-state index is -0.472. The molecule has 0 fully saturated rings. The van der Waals surface area contributed by atoms with Gasteiger partial charge >= 0.3 is 5.97 Å². The van der Waals surface area contributed by atoms with E-state index in [1.807, 2.05) is 30.3 Å². The summed E-state index contributed by atoms with van der Waals surface area (Å²) < 4.78 is 0. The van der Waals surface area contributed by atoms with Gasteiger partial charge in [-0.3, -0.25) is 10.1 Å². The largest absolute Gasteiger partial charge is 0.365 e. The van der Waals surface area contributed by atoms with E-state index in [2.05, 4.69) is 12.1 Å². The Labute approximate surface area is 229 Å². The number of nitro groups is 1. The number of carbonyl (C=O) groups excluding carboxylic acids is 1. The number of nitro benzene ring substituents is 1. The summed E-state index contributed by atoms with van der Waals surface area (Å²) in [5.41, 5.74) is 2.21. The van der Waals surface area contributed by atoms with Crippen molar-refractivity contribution in [1.29, 1.82) is 0 Å². The van der Waals surface area contributed by atoms with Crippen molar-refractivity contribution in [3.63, 3.8) is 0 Å². The van der Waals surface area contributed by atoms with Crippen molar-refractivity contribution in [3.8, 4) is 0 Å². The van der Waals surface area contributed by atoms with E-state index in [0.717, 1.165) is 40.3 Å². The number of oxime groups is 1. The molecule has 0 saturated heterocycles. The van der Waals surface area contributed by atoms with Crippen LogP contribution in [0.25, 0.3) is 0 Å². The Kier molecular flexibility index (Phi) is 12.6. The van der Waals surface area contributed by atoms with Gasteiger partial charge in [0.05, 0.1) is 16.2 Å². The predicted molar refractivity (Wildman–Crippen MR) is 154 cm³/mol. The smallest absolute Gasteiger partial charge is 0.313 e. The molecule has 0 saturated carbocycles. The van der Waals surface area contributed by atoms with E-state index in [0.29, 0.717) is 5.56 Å². The quantitative estimate of drug-likeness (QED) is 0.0603. The van der Waals surface area contributed by atoms with Crippen LogP contribution in [0.5, 0.6) is 0 Å². The maximum atomic E-state index is 12.5. The van der Waals surface area contributed by atoms with Crippen molar-refractivity contribution in [2.45, 2.75) is 80.9 Å². The predicted octanol–water partition coefficient (Wildman–Crippen LogP) is 9.23. The van der Waals surface area contributed by atoms with Gasteiger partial charge in [0, 0.05) is 21.9 Å². The van der Waals surface area contributed by atoms with Crippen molar-refractivity contribution >= 4 is 29.1 Å². The molecule has 0 radical (unpaired) electrons. The Bertz CT molecular complexity index is 1160. The molecule has 7 heteroatoms. The zero-order valence-electron chi connectivity index (χ0n) is 22.0. The molecule has 0 atom stereocenters. The normalized spacial score (nSPS) is 11.3. The van der Waals surface area contributed by atoms with Gasteiger partial charge in [-0.2, -0.15) is 0 Å². The molecule has 0 heterocycles. The van der Waals surface area contributed by atoms with Crippen LogP contribution in [0.15, 0.2) is 93.8 Å². The molecular formula is C31H36N2O4S. The van der Waals surface area contributed by atoms with Crippen LogP contribution in [0.1, 0.15) is 87.1 Å². The first-order chi connectivity index (χ1) is 18.6. The third-order valence-corrected chi connectivity index (χ3v) is 7.25. The highest BCUT2D eigenvalue weighted by Crippen LogP contribution is 2.29. The fourth-order valence-corrected chi connectivity index (χ4v) is 4.87. The fourth-order valence-electron chi connectivity index (χ4n) is 4.06. The summed E-state index contributed by atoms with van der Waals surface area (Å²) in [6.45, 7) is 2.24. The standard InChI is InChI=1S/C31H36N2O4S/c1-2-3-4-5-6-7-8-9-13-16-30(32-37-31(34)26-14-11-10-12-15-26)25-17-21-28(22-18-25)38-29-23-19-27(20-24-29)33(35)36/h10-12,14-15,17-24H,2-9,13,16H2,1H3/b32-30+. The Balaban J connectivity index is 1.60. The summed E-state index contributed by atoms with van der Waals surface area (Å²) in [6.07, 6.45) is 11.8. The van der Waals surface area contributed by atoms with Gasteiger partial charge in [0.15, 0.2) is 0 Å². The zero-order valence-corrected chi connectivity index (χ0v) is 22.8. The van der Waals surface area contributed by atoms with Gasteiger partial charge in [-0.15, -0.1) is 0 Å². The van der Waals surface area contributed by atoms with E-state index < -0.39 is 10.9 Å². The number of nitrogens with zero attached hydrogens (tertiary/aromatic N) is 2. The Morgan fingerprint density at radius 3 is 1.89 bits per heavy atom. The molecule has 38 heavy (non-hydrogen) atoms. The summed E-state index contributed by atoms with van der Waals surface area (Å²) in [5.74, 6) is -0.472. The molecule has 0 aromatic heterocycles. The topological polar surface area (TPSA) is 81.8 Å². The maximum absolute atomic E-state index is 12.5. The third kappa shape index (κ3) is 10.1. The average molecular weight is 533 g/mol. The van der Waals surface area contributed by atoms with Gasteiger partial charge in [-0.05, 0) is 54.8 Å². The van der Waals surface area contributed by atoms with Gasteiger partial charge in [-0.25, -0.2) is 4.79 Å². The highest BCUT2D eigenvalue weighted by molar-refractivity contribution is 7.99. The highest BCUT2D eigenvalue weighted by Gasteiger charge is 2.11. The molecule has 0 bridgehead atoms. The minimum absolute atomic E-state index is 0.0760. The van der Waals surface area contributed by atoms with Gasteiger partial charge in [0.2, 0.25) is 0 Å². The molecule has 0 spiro atoms. The molecule has 6 nitrogen and oxygen atoms in total. The molecule has 3 aromatic rings. The van der Waals surface area contributed by atoms with Gasteiger partial charge < -0.3 is 4.84 Å². The second kappa shape index (κ2) is 16.4. The van der Waals surface area contributed by atoms with Crippen LogP contribution in [0.2, 0.25) is 0 Å². The zero-order chi connectivity index (χ0) is 27.0. The molecule has 0 amide bonds. The fraction of sp³-hybridized carbons (Fsp3) is 0.355. The highest BCUT2D eigenvalue weighted by atomic mass is 32.2. The number of hydrogen-bond acceptors (Lipinski definition) is 6. The molecule has 0 aliphatic rings. The van der Waals surface area contributed by atoms with Crippen molar-refractivity contribution in [2.75, 3.05) is 0 Å².